The number of nitrogens with one attached hydrogen (secondary N) is 1. The SMILES string of the molecule is COc1cccc(C(=O)N2CCc3c([nH]c4ccccc34)[C@H]2c2ccc(SC)cc2)c1. The van der Waals surface area contributed by atoms with Crippen LogP contribution in [0.3, 0.4) is 0 Å². The second-order valence-corrected chi connectivity index (χ2v) is 8.60. The lowest BCUT2D eigenvalue weighted by Crippen LogP contribution is -2.40. The molecule has 0 bridgehead atoms. The van der Waals surface area contributed by atoms with Crippen LogP contribution < -0.4 is 4.74 Å². The summed E-state index contributed by atoms with van der Waals surface area (Å²) in [5, 5.41) is 1.25. The van der Waals surface area contributed by atoms with Crippen molar-refractivity contribution in [1.82, 2.24) is 9.88 Å². The maximum atomic E-state index is 13.7. The fourth-order valence-electron chi connectivity index (χ4n) is 4.51. The molecule has 0 saturated heterocycles. The highest BCUT2D eigenvalue weighted by Crippen LogP contribution is 2.39. The van der Waals surface area contributed by atoms with E-state index in [1.807, 2.05) is 35.2 Å². The number of ether oxygens (including phenoxy) is 1. The van der Waals surface area contributed by atoms with Gasteiger partial charge in [0.05, 0.1) is 13.2 Å². The molecule has 31 heavy (non-hydrogen) atoms. The average molecular weight is 429 g/mol. The van der Waals surface area contributed by atoms with Crippen LogP contribution >= 0.6 is 11.8 Å². The van der Waals surface area contributed by atoms with Gasteiger partial charge in [0, 0.05) is 33.6 Å². The molecule has 4 nitrogen and oxygen atoms in total. The zero-order chi connectivity index (χ0) is 21.4. The van der Waals surface area contributed by atoms with Crippen molar-refractivity contribution in [1.29, 1.82) is 0 Å². The van der Waals surface area contributed by atoms with Crippen LogP contribution in [0.5, 0.6) is 5.75 Å². The van der Waals surface area contributed by atoms with Crippen LogP contribution in [0.4, 0.5) is 0 Å². The van der Waals surface area contributed by atoms with E-state index in [0.717, 1.165) is 23.2 Å². The van der Waals surface area contributed by atoms with Crippen molar-refractivity contribution >= 4 is 28.6 Å². The van der Waals surface area contributed by atoms with E-state index < -0.39 is 0 Å². The summed E-state index contributed by atoms with van der Waals surface area (Å²) in [6, 6.07) is 24.2. The second kappa shape index (κ2) is 8.16. The number of aromatic nitrogens is 1. The zero-order valence-electron chi connectivity index (χ0n) is 17.6. The predicted octanol–water partition coefficient (Wildman–Crippen LogP) is 5.69. The van der Waals surface area contributed by atoms with Crippen LogP contribution in [0.2, 0.25) is 0 Å². The molecule has 0 radical (unpaired) electrons. The molecule has 5 rings (SSSR count). The van der Waals surface area contributed by atoms with Crippen LogP contribution in [-0.2, 0) is 6.42 Å². The standard InChI is InChI=1S/C26H24N2O2S/c1-30-19-7-5-6-18(16-19)26(29)28-15-14-22-21-8-3-4-9-23(21)27-24(22)25(28)17-10-12-20(31-2)13-11-17/h3-13,16,25,27H,14-15H2,1-2H3/t25-/m1/s1. The van der Waals surface area contributed by atoms with Gasteiger partial charge in [0.2, 0.25) is 0 Å². The third-order valence-electron chi connectivity index (χ3n) is 6.04. The van der Waals surface area contributed by atoms with Gasteiger partial charge in [-0.15, -0.1) is 11.8 Å². The van der Waals surface area contributed by atoms with Gasteiger partial charge in [0.1, 0.15) is 5.75 Å². The van der Waals surface area contributed by atoms with Crippen LogP contribution in [0, 0.1) is 0 Å². The van der Waals surface area contributed by atoms with Crippen molar-refractivity contribution in [2.45, 2.75) is 17.4 Å². The number of thioether (sulfide) groups is 1. The summed E-state index contributed by atoms with van der Waals surface area (Å²) >= 11 is 1.72. The first-order valence-electron chi connectivity index (χ1n) is 10.4. The molecule has 0 fully saturated rings. The summed E-state index contributed by atoms with van der Waals surface area (Å²) < 4.78 is 5.35. The maximum absolute atomic E-state index is 13.7. The number of rotatable bonds is 4. The summed E-state index contributed by atoms with van der Waals surface area (Å²) in [7, 11) is 1.62. The van der Waals surface area contributed by atoms with Crippen molar-refractivity contribution in [2.75, 3.05) is 19.9 Å². The van der Waals surface area contributed by atoms with Gasteiger partial charge in [0.15, 0.2) is 0 Å². The number of aromatic amines is 1. The first-order chi connectivity index (χ1) is 15.2. The van der Waals surface area contributed by atoms with Gasteiger partial charge in [-0.3, -0.25) is 4.79 Å². The quantitative estimate of drug-likeness (QED) is 0.425. The number of amides is 1. The molecule has 1 aliphatic heterocycles. The number of methoxy groups -OCH3 is 1. The van der Waals surface area contributed by atoms with Crippen molar-refractivity contribution in [2.24, 2.45) is 0 Å². The lowest BCUT2D eigenvalue weighted by atomic mass is 9.91. The van der Waals surface area contributed by atoms with Gasteiger partial charge >= 0.3 is 0 Å². The molecule has 1 aromatic heterocycles. The maximum Gasteiger partial charge on any atom is 0.254 e. The lowest BCUT2D eigenvalue weighted by molar-refractivity contribution is 0.0691. The van der Waals surface area contributed by atoms with Crippen LogP contribution in [-0.4, -0.2) is 35.7 Å². The first kappa shape index (κ1) is 19.8. The number of fused-ring (bicyclic) bond motifs is 3. The molecule has 1 N–H and O–H groups in total. The zero-order valence-corrected chi connectivity index (χ0v) is 18.4. The molecule has 0 aliphatic carbocycles. The van der Waals surface area contributed by atoms with E-state index in [1.165, 1.54) is 15.8 Å². The van der Waals surface area contributed by atoms with E-state index in [4.69, 9.17) is 4.74 Å². The summed E-state index contributed by atoms with van der Waals surface area (Å²) in [4.78, 5) is 20.5. The smallest absolute Gasteiger partial charge is 0.254 e. The van der Waals surface area contributed by atoms with Gasteiger partial charge in [-0.05, 0) is 60.2 Å². The summed E-state index contributed by atoms with van der Waals surface area (Å²) in [5.41, 5.74) is 5.30. The molecule has 2 heterocycles. The molecular weight excluding hydrogens is 404 g/mol. The van der Waals surface area contributed by atoms with Gasteiger partial charge in [-0.25, -0.2) is 0 Å². The number of H-pyrrole nitrogens is 1. The van der Waals surface area contributed by atoms with Crippen molar-refractivity contribution in [3.63, 3.8) is 0 Å². The molecule has 156 valence electrons. The number of hydrogen-bond donors (Lipinski definition) is 1. The molecule has 5 heteroatoms. The number of nitrogens with zero attached hydrogens (tertiary/aromatic N) is 1. The Morgan fingerprint density at radius 2 is 1.87 bits per heavy atom. The normalized spacial score (nSPS) is 15.7. The minimum Gasteiger partial charge on any atom is -0.497 e. The first-order valence-corrected chi connectivity index (χ1v) is 11.6. The van der Waals surface area contributed by atoms with Crippen molar-refractivity contribution in [3.8, 4) is 5.75 Å². The van der Waals surface area contributed by atoms with E-state index in [0.29, 0.717) is 17.9 Å². The largest absolute Gasteiger partial charge is 0.497 e. The van der Waals surface area contributed by atoms with E-state index in [9.17, 15) is 4.79 Å². The van der Waals surface area contributed by atoms with E-state index in [1.54, 1.807) is 18.9 Å². The van der Waals surface area contributed by atoms with E-state index in [-0.39, 0.29) is 11.9 Å². The molecule has 1 amide bonds. The number of carbonyl (C=O) groups is 1. The molecule has 1 atom stereocenters. The molecule has 0 saturated carbocycles. The highest BCUT2D eigenvalue weighted by atomic mass is 32.2. The van der Waals surface area contributed by atoms with E-state index >= 15 is 0 Å². The Morgan fingerprint density at radius 1 is 1.06 bits per heavy atom. The third-order valence-corrected chi connectivity index (χ3v) is 6.79. The molecule has 0 spiro atoms. The average Bonchev–Trinajstić information content (AvgIpc) is 3.22. The van der Waals surface area contributed by atoms with Gasteiger partial charge in [-0.2, -0.15) is 0 Å². The molecule has 0 unspecified atom stereocenters. The Hall–Kier alpha value is -3.18. The molecule has 4 aromatic rings. The number of hydrogen-bond acceptors (Lipinski definition) is 3. The van der Waals surface area contributed by atoms with Gasteiger partial charge < -0.3 is 14.6 Å². The monoisotopic (exact) mass is 428 g/mol. The van der Waals surface area contributed by atoms with E-state index in [2.05, 4.69) is 53.7 Å². The van der Waals surface area contributed by atoms with Crippen molar-refractivity contribution in [3.05, 3.63) is 95.2 Å². The Morgan fingerprint density at radius 3 is 2.65 bits per heavy atom. The fraction of sp³-hybridized carbons (Fsp3) is 0.192. The minimum atomic E-state index is -0.161. The Labute approximate surface area is 186 Å². The van der Waals surface area contributed by atoms with Crippen LogP contribution in [0.15, 0.2) is 77.7 Å². The van der Waals surface area contributed by atoms with Gasteiger partial charge in [-0.1, -0.05) is 36.4 Å². The molecule has 1 aliphatic rings. The summed E-state index contributed by atoms with van der Waals surface area (Å²) in [5.74, 6) is 0.706. The predicted molar refractivity (Wildman–Crippen MR) is 126 cm³/mol. The minimum absolute atomic E-state index is 0.0159. The molecular formula is C26H24N2O2S. The highest BCUT2D eigenvalue weighted by molar-refractivity contribution is 7.98. The van der Waals surface area contributed by atoms with Crippen molar-refractivity contribution < 1.29 is 9.53 Å². The van der Waals surface area contributed by atoms with Crippen LogP contribution in [0.25, 0.3) is 10.9 Å². The number of para-hydroxylation sites is 1. The Balaban J connectivity index is 1.63. The highest BCUT2D eigenvalue weighted by Gasteiger charge is 2.35. The topological polar surface area (TPSA) is 45.3 Å². The fourth-order valence-corrected chi connectivity index (χ4v) is 4.92. The second-order valence-electron chi connectivity index (χ2n) is 7.72. The van der Waals surface area contributed by atoms with Gasteiger partial charge in [0.25, 0.3) is 5.91 Å². The summed E-state index contributed by atoms with van der Waals surface area (Å²) in [6.45, 7) is 0.667. The number of benzene rings is 3. The lowest BCUT2D eigenvalue weighted by Gasteiger charge is -2.36. The third kappa shape index (κ3) is 3.49. The number of carbonyl (C=O) groups excluding carboxylic acids is 1. The molecule has 3 aromatic carbocycles. The Kier molecular flexibility index (Phi) is 5.20. The van der Waals surface area contributed by atoms with Crippen LogP contribution in [0.1, 0.15) is 33.2 Å². The summed E-state index contributed by atoms with van der Waals surface area (Å²) in [6.07, 6.45) is 2.90. The Bertz CT molecular complexity index is 1250.